The third-order valence-electron chi connectivity index (χ3n) is 2.31. The molecule has 2 nitrogen and oxygen atoms in total. The summed E-state index contributed by atoms with van der Waals surface area (Å²) in [7, 11) is 0. The van der Waals surface area contributed by atoms with E-state index in [-0.39, 0.29) is 5.97 Å². The van der Waals surface area contributed by atoms with E-state index in [1.54, 1.807) is 6.92 Å². The van der Waals surface area contributed by atoms with Gasteiger partial charge >= 0.3 is 5.97 Å². The Morgan fingerprint density at radius 3 is 2.29 bits per heavy atom. The first-order valence-electron chi connectivity index (χ1n) is 6.12. The van der Waals surface area contributed by atoms with Gasteiger partial charge in [-0.25, -0.2) is 4.79 Å². The molecule has 0 aliphatic rings. The maximum absolute atomic E-state index is 11.3. The molecule has 0 saturated heterocycles. The van der Waals surface area contributed by atoms with Gasteiger partial charge in [-0.1, -0.05) is 29.4 Å². The summed E-state index contributed by atoms with van der Waals surface area (Å²) < 4.78 is 4.90. The molecule has 0 fully saturated rings. The summed E-state index contributed by atoms with van der Waals surface area (Å²) in [6, 6.07) is 0. The van der Waals surface area contributed by atoms with Gasteiger partial charge in [0, 0.05) is 5.57 Å². The van der Waals surface area contributed by atoms with Crippen LogP contribution in [0.1, 0.15) is 47.5 Å². The van der Waals surface area contributed by atoms with Crippen molar-refractivity contribution in [1.29, 1.82) is 0 Å². The number of rotatable bonds is 6. The van der Waals surface area contributed by atoms with Crippen molar-refractivity contribution in [3.8, 4) is 0 Å². The first-order valence-corrected chi connectivity index (χ1v) is 6.12. The topological polar surface area (TPSA) is 26.3 Å². The van der Waals surface area contributed by atoms with Crippen LogP contribution in [0, 0.1) is 0 Å². The van der Waals surface area contributed by atoms with Crippen LogP contribution in [0.15, 0.2) is 34.9 Å². The Morgan fingerprint density at radius 1 is 1.12 bits per heavy atom. The Labute approximate surface area is 105 Å². The molecule has 0 aliphatic heterocycles. The van der Waals surface area contributed by atoms with Gasteiger partial charge in [-0.3, -0.25) is 0 Å². The molecule has 0 heterocycles. The second-order valence-corrected chi connectivity index (χ2v) is 4.40. The summed E-state index contributed by atoms with van der Waals surface area (Å²) in [6.07, 6.45) is 8.12. The van der Waals surface area contributed by atoms with Gasteiger partial charge < -0.3 is 4.74 Å². The molecule has 0 saturated carbocycles. The summed E-state index contributed by atoms with van der Waals surface area (Å²) >= 11 is 0. The van der Waals surface area contributed by atoms with E-state index in [4.69, 9.17) is 4.74 Å². The van der Waals surface area contributed by atoms with Crippen LogP contribution in [0.25, 0.3) is 0 Å². The first-order chi connectivity index (χ1) is 7.97. The minimum absolute atomic E-state index is 0.235. The largest absolute Gasteiger partial charge is 0.463 e. The van der Waals surface area contributed by atoms with Crippen LogP contribution in [-0.4, -0.2) is 12.6 Å². The lowest BCUT2D eigenvalue weighted by molar-refractivity contribution is -0.138. The highest BCUT2D eigenvalue weighted by atomic mass is 16.5. The van der Waals surface area contributed by atoms with E-state index in [0.29, 0.717) is 12.2 Å². The highest BCUT2D eigenvalue weighted by molar-refractivity contribution is 5.88. The molecule has 0 bridgehead atoms. The highest BCUT2D eigenvalue weighted by Gasteiger charge is 2.02. The van der Waals surface area contributed by atoms with Gasteiger partial charge in [0.1, 0.15) is 0 Å². The lowest BCUT2D eigenvalue weighted by Gasteiger charge is -2.00. The molecule has 0 amide bonds. The van der Waals surface area contributed by atoms with Crippen molar-refractivity contribution in [2.75, 3.05) is 6.61 Å². The molecular weight excluding hydrogens is 212 g/mol. The summed E-state index contributed by atoms with van der Waals surface area (Å²) in [6.45, 7) is 10.3. The van der Waals surface area contributed by atoms with Crippen LogP contribution in [0.4, 0.5) is 0 Å². The van der Waals surface area contributed by atoms with Crippen molar-refractivity contribution in [3.63, 3.8) is 0 Å². The molecule has 0 aromatic carbocycles. The Balaban J connectivity index is 4.25. The predicted octanol–water partition coefficient (Wildman–Crippen LogP) is 4.19. The van der Waals surface area contributed by atoms with Crippen LogP contribution >= 0.6 is 0 Å². The molecule has 0 spiro atoms. The molecule has 0 atom stereocenters. The zero-order valence-corrected chi connectivity index (χ0v) is 11.7. The fourth-order valence-electron chi connectivity index (χ4n) is 1.25. The molecule has 2 heteroatoms. The molecule has 96 valence electrons. The summed E-state index contributed by atoms with van der Waals surface area (Å²) in [5, 5.41) is 0. The van der Waals surface area contributed by atoms with Crippen LogP contribution in [-0.2, 0) is 9.53 Å². The quantitative estimate of drug-likeness (QED) is 0.299. The average Bonchev–Trinajstić information content (AvgIpc) is 2.25. The van der Waals surface area contributed by atoms with E-state index in [1.807, 2.05) is 19.1 Å². The number of allylic oxidation sites excluding steroid dienone is 5. The van der Waals surface area contributed by atoms with Gasteiger partial charge in [0.15, 0.2) is 0 Å². The van der Waals surface area contributed by atoms with Gasteiger partial charge in [0.05, 0.1) is 6.61 Å². The van der Waals surface area contributed by atoms with Crippen LogP contribution in [0.3, 0.4) is 0 Å². The van der Waals surface area contributed by atoms with Gasteiger partial charge in [0.2, 0.25) is 0 Å². The fraction of sp³-hybridized carbons (Fsp3) is 0.533. The van der Waals surface area contributed by atoms with Gasteiger partial charge in [-0.15, -0.1) is 0 Å². The second-order valence-electron chi connectivity index (χ2n) is 4.40. The third kappa shape index (κ3) is 8.49. The number of hydrogen-bond acceptors (Lipinski definition) is 2. The molecule has 0 radical (unpaired) electrons. The van der Waals surface area contributed by atoms with Crippen molar-refractivity contribution < 1.29 is 9.53 Å². The summed E-state index contributed by atoms with van der Waals surface area (Å²) in [5.74, 6) is -0.235. The maximum atomic E-state index is 11.3. The zero-order chi connectivity index (χ0) is 13.3. The van der Waals surface area contributed by atoms with Crippen molar-refractivity contribution in [1.82, 2.24) is 0 Å². The predicted molar refractivity (Wildman–Crippen MR) is 72.8 cm³/mol. The Morgan fingerprint density at radius 2 is 1.76 bits per heavy atom. The molecular formula is C15H24O2. The number of esters is 1. The monoisotopic (exact) mass is 236 g/mol. The molecule has 0 aromatic rings. The normalized spacial score (nSPS) is 12.3. The Kier molecular flexibility index (Phi) is 8.12. The molecule has 0 unspecified atom stereocenters. The van der Waals surface area contributed by atoms with E-state index < -0.39 is 0 Å². The number of ether oxygens (including phenoxy) is 1. The van der Waals surface area contributed by atoms with E-state index in [0.717, 1.165) is 12.8 Å². The second kappa shape index (κ2) is 8.80. The molecule has 0 aliphatic carbocycles. The lowest BCUT2D eigenvalue weighted by atomic mass is 10.1. The van der Waals surface area contributed by atoms with E-state index >= 15 is 0 Å². The number of hydrogen-bond donors (Lipinski definition) is 0. The van der Waals surface area contributed by atoms with Crippen molar-refractivity contribution in [2.24, 2.45) is 0 Å². The zero-order valence-electron chi connectivity index (χ0n) is 11.7. The average molecular weight is 236 g/mol. The smallest absolute Gasteiger partial charge is 0.333 e. The van der Waals surface area contributed by atoms with E-state index in [2.05, 4.69) is 26.8 Å². The van der Waals surface area contributed by atoms with Crippen LogP contribution in [0.5, 0.6) is 0 Å². The lowest BCUT2D eigenvalue weighted by Crippen LogP contribution is -2.04. The SMILES string of the molecule is CCOC(=O)/C(C)=C\C=C(\C)CCC=C(C)C. The van der Waals surface area contributed by atoms with E-state index in [9.17, 15) is 4.79 Å². The van der Waals surface area contributed by atoms with Crippen molar-refractivity contribution in [2.45, 2.75) is 47.5 Å². The standard InChI is InChI=1S/C15H24O2/c1-6-17-15(16)14(5)11-10-13(4)9-7-8-12(2)3/h8,10-11H,6-7,9H2,1-5H3/b13-10-,14-11-. The Bertz CT molecular complexity index is 329. The summed E-state index contributed by atoms with van der Waals surface area (Å²) in [4.78, 5) is 11.3. The Hall–Kier alpha value is -1.31. The van der Waals surface area contributed by atoms with Crippen LogP contribution in [0.2, 0.25) is 0 Å². The van der Waals surface area contributed by atoms with Gasteiger partial charge in [-0.05, 0) is 47.5 Å². The third-order valence-corrected chi connectivity index (χ3v) is 2.31. The van der Waals surface area contributed by atoms with Crippen molar-refractivity contribution in [3.05, 3.63) is 34.9 Å². The molecule has 0 N–H and O–H groups in total. The maximum Gasteiger partial charge on any atom is 0.333 e. The molecule has 17 heavy (non-hydrogen) atoms. The van der Waals surface area contributed by atoms with Gasteiger partial charge in [0.25, 0.3) is 0 Å². The van der Waals surface area contributed by atoms with Crippen molar-refractivity contribution >= 4 is 5.97 Å². The molecule has 0 aromatic heterocycles. The number of carbonyl (C=O) groups is 1. The van der Waals surface area contributed by atoms with Gasteiger partial charge in [-0.2, -0.15) is 0 Å². The van der Waals surface area contributed by atoms with E-state index in [1.165, 1.54) is 11.1 Å². The minimum atomic E-state index is -0.235. The summed E-state index contributed by atoms with van der Waals surface area (Å²) in [5.41, 5.74) is 3.26. The highest BCUT2D eigenvalue weighted by Crippen LogP contribution is 2.08. The first kappa shape index (κ1) is 15.7. The minimum Gasteiger partial charge on any atom is -0.463 e. The molecule has 0 rings (SSSR count). The van der Waals surface area contributed by atoms with Crippen LogP contribution < -0.4 is 0 Å². The fourth-order valence-corrected chi connectivity index (χ4v) is 1.25. The number of carbonyl (C=O) groups excluding carboxylic acids is 1.